The Morgan fingerprint density at radius 1 is 1.24 bits per heavy atom. The van der Waals surface area contributed by atoms with Gasteiger partial charge in [-0.05, 0) is 24.6 Å². The monoisotopic (exact) mass is 237 g/mol. The minimum Gasteiger partial charge on any atom is -0.492 e. The third-order valence-corrected chi connectivity index (χ3v) is 2.38. The number of hydrogen-bond acceptors (Lipinski definition) is 3. The van der Waals surface area contributed by atoms with E-state index < -0.39 is 0 Å². The number of rotatable bonds is 7. The van der Waals surface area contributed by atoms with Crippen LogP contribution in [0.3, 0.4) is 0 Å². The summed E-state index contributed by atoms with van der Waals surface area (Å²) in [5, 5.41) is 3.42. The minimum absolute atomic E-state index is 0.223. The summed E-state index contributed by atoms with van der Waals surface area (Å²) in [6, 6.07) is 8.74. The molecule has 0 unspecified atom stereocenters. The van der Waals surface area contributed by atoms with Crippen LogP contribution in [-0.4, -0.2) is 32.4 Å². The summed E-state index contributed by atoms with van der Waals surface area (Å²) >= 11 is 0. The molecule has 1 atom stereocenters. The highest BCUT2D eigenvalue weighted by atomic mass is 16.5. The number of ether oxygens (including phenoxy) is 2. The third-order valence-electron chi connectivity index (χ3n) is 2.38. The van der Waals surface area contributed by atoms with Crippen LogP contribution in [0.1, 0.15) is 19.4 Å². The maximum absolute atomic E-state index is 5.76. The maximum Gasteiger partial charge on any atom is 0.119 e. The SMILES string of the molecule is COC[C@@H](COc1cccc(C)c1)NC(C)C. The molecule has 96 valence electrons. The Morgan fingerprint density at radius 2 is 2.00 bits per heavy atom. The van der Waals surface area contributed by atoms with Crippen molar-refractivity contribution >= 4 is 0 Å². The van der Waals surface area contributed by atoms with Crippen LogP contribution < -0.4 is 10.1 Å². The van der Waals surface area contributed by atoms with Crippen LogP contribution in [0, 0.1) is 6.92 Å². The van der Waals surface area contributed by atoms with Gasteiger partial charge in [-0.1, -0.05) is 26.0 Å². The smallest absolute Gasteiger partial charge is 0.119 e. The van der Waals surface area contributed by atoms with Gasteiger partial charge in [0.25, 0.3) is 0 Å². The van der Waals surface area contributed by atoms with Gasteiger partial charge in [0.1, 0.15) is 12.4 Å². The van der Waals surface area contributed by atoms with E-state index in [0.29, 0.717) is 19.3 Å². The van der Waals surface area contributed by atoms with Crippen molar-refractivity contribution in [1.82, 2.24) is 5.32 Å². The first-order valence-corrected chi connectivity index (χ1v) is 6.06. The van der Waals surface area contributed by atoms with Gasteiger partial charge in [-0.2, -0.15) is 0 Å². The lowest BCUT2D eigenvalue weighted by Gasteiger charge is -2.21. The molecule has 0 aromatic heterocycles. The molecule has 0 spiro atoms. The molecule has 0 radical (unpaired) electrons. The number of nitrogens with one attached hydrogen (secondary N) is 1. The molecule has 0 aliphatic carbocycles. The highest BCUT2D eigenvalue weighted by Gasteiger charge is 2.10. The van der Waals surface area contributed by atoms with Gasteiger partial charge in [0.05, 0.1) is 12.6 Å². The van der Waals surface area contributed by atoms with Crippen molar-refractivity contribution in [2.75, 3.05) is 20.3 Å². The fraction of sp³-hybridized carbons (Fsp3) is 0.571. The van der Waals surface area contributed by atoms with E-state index in [1.54, 1.807) is 7.11 Å². The van der Waals surface area contributed by atoms with Crippen molar-refractivity contribution in [2.45, 2.75) is 32.9 Å². The molecule has 3 nitrogen and oxygen atoms in total. The van der Waals surface area contributed by atoms with Gasteiger partial charge < -0.3 is 14.8 Å². The van der Waals surface area contributed by atoms with E-state index in [-0.39, 0.29) is 6.04 Å². The van der Waals surface area contributed by atoms with E-state index in [9.17, 15) is 0 Å². The molecule has 0 fully saturated rings. The Morgan fingerprint density at radius 3 is 2.59 bits per heavy atom. The first kappa shape index (κ1) is 14.0. The Balaban J connectivity index is 2.45. The molecule has 0 saturated carbocycles. The predicted octanol–water partition coefficient (Wildman–Crippen LogP) is 2.39. The van der Waals surface area contributed by atoms with E-state index >= 15 is 0 Å². The zero-order chi connectivity index (χ0) is 12.7. The van der Waals surface area contributed by atoms with Crippen LogP contribution >= 0.6 is 0 Å². The number of methoxy groups -OCH3 is 1. The van der Waals surface area contributed by atoms with Crippen LogP contribution in [0.5, 0.6) is 5.75 Å². The summed E-state index contributed by atoms with van der Waals surface area (Å²) in [6.45, 7) is 7.58. The van der Waals surface area contributed by atoms with Crippen LogP contribution in [0.15, 0.2) is 24.3 Å². The van der Waals surface area contributed by atoms with E-state index in [4.69, 9.17) is 9.47 Å². The summed E-state index contributed by atoms with van der Waals surface area (Å²) in [6.07, 6.45) is 0. The molecular formula is C14H23NO2. The Labute approximate surface area is 104 Å². The predicted molar refractivity (Wildman–Crippen MR) is 70.6 cm³/mol. The Bertz CT molecular complexity index is 326. The molecule has 1 aromatic carbocycles. The number of aryl methyl sites for hydroxylation is 1. The molecule has 17 heavy (non-hydrogen) atoms. The van der Waals surface area contributed by atoms with Gasteiger partial charge in [-0.3, -0.25) is 0 Å². The van der Waals surface area contributed by atoms with Crippen molar-refractivity contribution in [3.8, 4) is 5.75 Å². The summed E-state index contributed by atoms with van der Waals surface area (Å²) < 4.78 is 10.9. The lowest BCUT2D eigenvalue weighted by molar-refractivity contribution is 0.132. The van der Waals surface area contributed by atoms with E-state index in [0.717, 1.165) is 5.75 Å². The van der Waals surface area contributed by atoms with Gasteiger partial charge in [0.15, 0.2) is 0 Å². The molecule has 3 heteroatoms. The summed E-state index contributed by atoms with van der Waals surface area (Å²) in [7, 11) is 1.71. The standard InChI is InChI=1S/C14H23NO2/c1-11(2)15-13(9-16-4)10-17-14-7-5-6-12(3)8-14/h5-8,11,13,15H,9-10H2,1-4H3/t13-/m0/s1. The average Bonchev–Trinajstić information content (AvgIpc) is 2.26. The number of benzene rings is 1. The molecule has 0 aliphatic rings. The van der Waals surface area contributed by atoms with Crippen LogP contribution in [-0.2, 0) is 4.74 Å². The van der Waals surface area contributed by atoms with Crippen LogP contribution in [0.2, 0.25) is 0 Å². The lowest BCUT2D eigenvalue weighted by Crippen LogP contribution is -2.42. The average molecular weight is 237 g/mol. The number of hydrogen-bond donors (Lipinski definition) is 1. The van der Waals surface area contributed by atoms with Gasteiger partial charge in [0.2, 0.25) is 0 Å². The minimum atomic E-state index is 0.223. The highest BCUT2D eigenvalue weighted by molar-refractivity contribution is 5.27. The van der Waals surface area contributed by atoms with Gasteiger partial charge in [0, 0.05) is 13.2 Å². The molecular weight excluding hydrogens is 214 g/mol. The first-order valence-electron chi connectivity index (χ1n) is 6.06. The maximum atomic E-state index is 5.76. The quantitative estimate of drug-likeness (QED) is 0.790. The summed E-state index contributed by atoms with van der Waals surface area (Å²) in [4.78, 5) is 0. The third kappa shape index (κ3) is 5.71. The molecule has 1 N–H and O–H groups in total. The first-order chi connectivity index (χ1) is 8.11. The van der Waals surface area contributed by atoms with Crippen molar-refractivity contribution in [2.24, 2.45) is 0 Å². The zero-order valence-corrected chi connectivity index (χ0v) is 11.2. The second-order valence-electron chi connectivity index (χ2n) is 4.60. The van der Waals surface area contributed by atoms with Gasteiger partial charge in [-0.25, -0.2) is 0 Å². The Hall–Kier alpha value is -1.06. The van der Waals surface area contributed by atoms with Crippen LogP contribution in [0.4, 0.5) is 0 Å². The van der Waals surface area contributed by atoms with Crippen LogP contribution in [0.25, 0.3) is 0 Å². The topological polar surface area (TPSA) is 30.5 Å². The molecule has 0 bridgehead atoms. The Kier molecular flexibility index (Phi) is 6.01. The highest BCUT2D eigenvalue weighted by Crippen LogP contribution is 2.12. The second kappa shape index (κ2) is 7.30. The van der Waals surface area contributed by atoms with E-state index in [1.165, 1.54) is 5.56 Å². The lowest BCUT2D eigenvalue weighted by atomic mass is 10.2. The fourth-order valence-corrected chi connectivity index (χ4v) is 1.72. The fourth-order valence-electron chi connectivity index (χ4n) is 1.72. The van der Waals surface area contributed by atoms with Crippen molar-refractivity contribution < 1.29 is 9.47 Å². The summed E-state index contributed by atoms with van der Waals surface area (Å²) in [5.41, 5.74) is 1.21. The van der Waals surface area contributed by atoms with E-state index in [1.807, 2.05) is 18.2 Å². The molecule has 0 aliphatic heterocycles. The molecule has 0 saturated heterocycles. The van der Waals surface area contributed by atoms with Gasteiger partial charge >= 0.3 is 0 Å². The molecule has 1 rings (SSSR count). The van der Waals surface area contributed by atoms with Crippen molar-refractivity contribution in [3.63, 3.8) is 0 Å². The molecule has 1 aromatic rings. The molecule has 0 amide bonds. The van der Waals surface area contributed by atoms with Gasteiger partial charge in [-0.15, -0.1) is 0 Å². The van der Waals surface area contributed by atoms with E-state index in [2.05, 4.69) is 32.2 Å². The second-order valence-corrected chi connectivity index (χ2v) is 4.60. The van der Waals surface area contributed by atoms with Crippen molar-refractivity contribution in [3.05, 3.63) is 29.8 Å². The van der Waals surface area contributed by atoms with Crippen molar-refractivity contribution in [1.29, 1.82) is 0 Å². The normalized spacial score (nSPS) is 12.8. The largest absolute Gasteiger partial charge is 0.492 e. The summed E-state index contributed by atoms with van der Waals surface area (Å²) in [5.74, 6) is 0.914. The molecule has 0 heterocycles. The zero-order valence-electron chi connectivity index (χ0n) is 11.2.